The first-order valence-electron chi connectivity index (χ1n) is 5.35. The van der Waals surface area contributed by atoms with Gasteiger partial charge in [-0.15, -0.1) is 0 Å². The van der Waals surface area contributed by atoms with Gasteiger partial charge in [-0.3, -0.25) is 0 Å². The third-order valence-corrected chi connectivity index (χ3v) is 2.78. The maximum Gasteiger partial charge on any atom is 0.125 e. The lowest BCUT2D eigenvalue weighted by atomic mass is 9.98. The molecule has 3 heteroatoms. The molecule has 1 N–H and O–H groups in total. The fourth-order valence-electron chi connectivity index (χ4n) is 2.10. The van der Waals surface area contributed by atoms with Crippen LogP contribution in [0.5, 0.6) is 0 Å². The number of nitrogens with zero attached hydrogens (tertiary/aromatic N) is 1. The van der Waals surface area contributed by atoms with Crippen LogP contribution >= 0.6 is 0 Å². The van der Waals surface area contributed by atoms with E-state index in [4.69, 9.17) is 0 Å². The standard InChI is InChI=1S/C12H17FN2/c1-15(2)8-11-6-4-9-3-5-10(13)7-12(9)14-11/h3,5,7,11,14H,4,6,8H2,1-2H3. The van der Waals surface area contributed by atoms with Crippen LogP contribution in [0.1, 0.15) is 12.0 Å². The molecular weight excluding hydrogens is 191 g/mol. The molecule has 1 heterocycles. The Kier molecular flexibility index (Phi) is 2.91. The quantitative estimate of drug-likeness (QED) is 0.800. The summed E-state index contributed by atoms with van der Waals surface area (Å²) in [5.74, 6) is -0.160. The van der Waals surface area contributed by atoms with Gasteiger partial charge in [-0.1, -0.05) is 6.07 Å². The number of fused-ring (bicyclic) bond motifs is 1. The molecule has 0 spiro atoms. The molecule has 0 saturated heterocycles. The lowest BCUT2D eigenvalue weighted by molar-refractivity contribution is 0.371. The topological polar surface area (TPSA) is 15.3 Å². The highest BCUT2D eigenvalue weighted by molar-refractivity contribution is 5.54. The summed E-state index contributed by atoms with van der Waals surface area (Å²) in [5, 5.41) is 3.39. The minimum atomic E-state index is -0.160. The third kappa shape index (κ3) is 2.48. The van der Waals surface area contributed by atoms with Gasteiger partial charge in [0, 0.05) is 18.3 Å². The maximum absolute atomic E-state index is 13.0. The summed E-state index contributed by atoms with van der Waals surface area (Å²) in [4.78, 5) is 2.15. The Labute approximate surface area is 90.1 Å². The number of aryl methyl sites for hydroxylation is 1. The molecule has 2 nitrogen and oxygen atoms in total. The van der Waals surface area contributed by atoms with Gasteiger partial charge >= 0.3 is 0 Å². The molecule has 0 fully saturated rings. The number of anilines is 1. The number of hydrogen-bond acceptors (Lipinski definition) is 2. The maximum atomic E-state index is 13.0. The van der Waals surface area contributed by atoms with E-state index >= 15 is 0 Å². The van der Waals surface area contributed by atoms with Crippen molar-refractivity contribution in [2.45, 2.75) is 18.9 Å². The highest BCUT2D eigenvalue weighted by Crippen LogP contribution is 2.25. The highest BCUT2D eigenvalue weighted by Gasteiger charge is 2.18. The molecular formula is C12H17FN2. The van der Waals surface area contributed by atoms with E-state index < -0.39 is 0 Å². The molecule has 0 aromatic heterocycles. The monoisotopic (exact) mass is 208 g/mol. The van der Waals surface area contributed by atoms with Crippen LogP contribution in [0.4, 0.5) is 10.1 Å². The van der Waals surface area contributed by atoms with Gasteiger partial charge in [0.1, 0.15) is 5.82 Å². The predicted molar refractivity (Wildman–Crippen MR) is 60.7 cm³/mol. The SMILES string of the molecule is CN(C)CC1CCc2ccc(F)cc2N1. The van der Waals surface area contributed by atoms with Gasteiger partial charge < -0.3 is 10.2 Å². The molecule has 1 aliphatic rings. The van der Waals surface area contributed by atoms with Crippen LogP contribution in [0.25, 0.3) is 0 Å². The summed E-state index contributed by atoms with van der Waals surface area (Å²) in [7, 11) is 4.12. The molecule has 0 aliphatic carbocycles. The summed E-state index contributed by atoms with van der Waals surface area (Å²) in [5.41, 5.74) is 2.19. The first kappa shape index (κ1) is 10.4. The molecule has 0 radical (unpaired) electrons. The molecule has 0 saturated carbocycles. The minimum absolute atomic E-state index is 0.160. The molecule has 1 aromatic carbocycles. The number of likely N-dealkylation sites (N-methyl/N-ethyl adjacent to an activating group) is 1. The van der Waals surface area contributed by atoms with Gasteiger partial charge in [-0.25, -0.2) is 4.39 Å². The molecule has 82 valence electrons. The summed E-state index contributed by atoms with van der Waals surface area (Å²) in [6, 6.07) is 5.45. The predicted octanol–water partition coefficient (Wildman–Crippen LogP) is 2.11. The fourth-order valence-corrected chi connectivity index (χ4v) is 2.10. The van der Waals surface area contributed by atoms with Crippen LogP contribution in [0.3, 0.4) is 0 Å². The normalized spacial score (nSPS) is 19.9. The largest absolute Gasteiger partial charge is 0.381 e. The average Bonchev–Trinajstić information content (AvgIpc) is 2.16. The number of hydrogen-bond donors (Lipinski definition) is 1. The third-order valence-electron chi connectivity index (χ3n) is 2.78. The Morgan fingerprint density at radius 1 is 1.47 bits per heavy atom. The smallest absolute Gasteiger partial charge is 0.125 e. The first-order chi connectivity index (χ1) is 7.15. The highest BCUT2D eigenvalue weighted by atomic mass is 19.1. The van der Waals surface area contributed by atoms with E-state index in [1.54, 1.807) is 6.07 Å². The van der Waals surface area contributed by atoms with Crippen LogP contribution in [0.2, 0.25) is 0 Å². The van der Waals surface area contributed by atoms with Crippen molar-refractivity contribution in [2.75, 3.05) is 26.0 Å². The van der Waals surface area contributed by atoms with Crippen molar-refractivity contribution in [1.82, 2.24) is 4.90 Å². The lowest BCUT2D eigenvalue weighted by Crippen LogP contribution is -2.35. The van der Waals surface area contributed by atoms with Crippen LogP contribution in [0, 0.1) is 5.82 Å². The number of nitrogens with one attached hydrogen (secondary N) is 1. The van der Waals surface area contributed by atoms with E-state index in [1.165, 1.54) is 11.6 Å². The van der Waals surface area contributed by atoms with E-state index in [9.17, 15) is 4.39 Å². The van der Waals surface area contributed by atoms with Gasteiger partial charge in [-0.2, -0.15) is 0 Å². The Hall–Kier alpha value is -1.09. The molecule has 1 aliphatic heterocycles. The van der Waals surface area contributed by atoms with Crippen LogP contribution < -0.4 is 5.32 Å². The van der Waals surface area contributed by atoms with Crippen LogP contribution in [0.15, 0.2) is 18.2 Å². The zero-order chi connectivity index (χ0) is 10.8. The zero-order valence-corrected chi connectivity index (χ0v) is 9.26. The lowest BCUT2D eigenvalue weighted by Gasteiger charge is -2.29. The molecule has 1 aromatic rings. The van der Waals surface area contributed by atoms with Gasteiger partial charge in [0.15, 0.2) is 0 Å². The first-order valence-corrected chi connectivity index (χ1v) is 5.35. The van der Waals surface area contributed by atoms with E-state index in [0.29, 0.717) is 6.04 Å². The Balaban J connectivity index is 2.11. The van der Waals surface area contributed by atoms with E-state index in [1.807, 2.05) is 6.07 Å². The molecule has 1 unspecified atom stereocenters. The van der Waals surface area contributed by atoms with Crippen molar-refractivity contribution < 1.29 is 4.39 Å². The summed E-state index contributed by atoms with van der Waals surface area (Å²) in [6.45, 7) is 0.996. The van der Waals surface area contributed by atoms with E-state index in [-0.39, 0.29) is 5.82 Å². The Morgan fingerprint density at radius 3 is 3.00 bits per heavy atom. The summed E-state index contributed by atoms with van der Waals surface area (Å²) in [6.07, 6.45) is 2.16. The average molecular weight is 208 g/mol. The number of benzene rings is 1. The molecule has 15 heavy (non-hydrogen) atoms. The second kappa shape index (κ2) is 4.19. The summed E-state index contributed by atoms with van der Waals surface area (Å²) >= 11 is 0. The van der Waals surface area contributed by atoms with E-state index in [0.717, 1.165) is 25.1 Å². The number of halogens is 1. The molecule has 0 amide bonds. The minimum Gasteiger partial charge on any atom is -0.381 e. The second-order valence-corrected chi connectivity index (χ2v) is 4.44. The van der Waals surface area contributed by atoms with Crippen LogP contribution in [-0.4, -0.2) is 31.6 Å². The van der Waals surface area contributed by atoms with Crippen molar-refractivity contribution in [3.8, 4) is 0 Å². The molecule has 1 atom stereocenters. The van der Waals surface area contributed by atoms with Crippen molar-refractivity contribution >= 4 is 5.69 Å². The van der Waals surface area contributed by atoms with Gasteiger partial charge in [0.25, 0.3) is 0 Å². The van der Waals surface area contributed by atoms with Gasteiger partial charge in [0.05, 0.1) is 0 Å². The van der Waals surface area contributed by atoms with Crippen molar-refractivity contribution in [2.24, 2.45) is 0 Å². The van der Waals surface area contributed by atoms with Crippen molar-refractivity contribution in [3.63, 3.8) is 0 Å². The summed E-state index contributed by atoms with van der Waals surface area (Å²) < 4.78 is 13.0. The van der Waals surface area contributed by atoms with Gasteiger partial charge in [-0.05, 0) is 44.6 Å². The number of rotatable bonds is 2. The Bertz CT molecular complexity index is 349. The molecule has 0 bridgehead atoms. The second-order valence-electron chi connectivity index (χ2n) is 4.44. The Morgan fingerprint density at radius 2 is 2.27 bits per heavy atom. The van der Waals surface area contributed by atoms with Gasteiger partial charge in [0.2, 0.25) is 0 Å². The van der Waals surface area contributed by atoms with Crippen molar-refractivity contribution in [3.05, 3.63) is 29.6 Å². The zero-order valence-electron chi connectivity index (χ0n) is 9.26. The van der Waals surface area contributed by atoms with E-state index in [2.05, 4.69) is 24.3 Å². The van der Waals surface area contributed by atoms with Crippen LogP contribution in [-0.2, 0) is 6.42 Å². The molecule has 2 rings (SSSR count). The fraction of sp³-hybridized carbons (Fsp3) is 0.500. The van der Waals surface area contributed by atoms with Crippen molar-refractivity contribution in [1.29, 1.82) is 0 Å².